The van der Waals surface area contributed by atoms with Gasteiger partial charge in [-0.3, -0.25) is 15.2 Å². The van der Waals surface area contributed by atoms with Crippen molar-refractivity contribution in [1.82, 2.24) is 10.3 Å². The van der Waals surface area contributed by atoms with E-state index in [4.69, 9.17) is 21.7 Å². The number of rotatable bonds is 6. The topological polar surface area (TPSA) is 87.1 Å². The molecule has 0 unspecified atom stereocenters. The SMILES string of the molecule is COc1cncc(N/C=C(/NC(=O)C(C)C)C(=N)Cl)c1. The number of amides is 1. The van der Waals surface area contributed by atoms with Crippen molar-refractivity contribution in [1.29, 1.82) is 5.41 Å². The zero-order valence-corrected chi connectivity index (χ0v) is 12.3. The standard InChI is InChI=1S/C13H17ClN4O2/c1-8(2)13(19)18-11(12(14)15)7-17-9-4-10(20-3)6-16-5-9/h4-8,15,17H,1-3H3,(H,18,19)/b11-7+,15-12?. The molecule has 0 fully saturated rings. The van der Waals surface area contributed by atoms with Gasteiger partial charge in [-0.05, 0) is 0 Å². The molecule has 0 radical (unpaired) electrons. The molecule has 7 heteroatoms. The monoisotopic (exact) mass is 296 g/mol. The summed E-state index contributed by atoms with van der Waals surface area (Å²) in [7, 11) is 1.54. The number of pyridine rings is 1. The molecule has 1 aromatic heterocycles. The predicted molar refractivity (Wildman–Crippen MR) is 79.1 cm³/mol. The Morgan fingerprint density at radius 1 is 1.50 bits per heavy atom. The van der Waals surface area contributed by atoms with Crippen LogP contribution in [0.4, 0.5) is 5.69 Å². The molecule has 0 bridgehead atoms. The van der Waals surface area contributed by atoms with Gasteiger partial charge in [-0.1, -0.05) is 25.4 Å². The van der Waals surface area contributed by atoms with E-state index in [9.17, 15) is 4.79 Å². The van der Waals surface area contributed by atoms with E-state index in [2.05, 4.69) is 15.6 Å². The molecule has 1 amide bonds. The fourth-order valence-corrected chi connectivity index (χ4v) is 1.30. The summed E-state index contributed by atoms with van der Waals surface area (Å²) in [6.45, 7) is 3.51. The van der Waals surface area contributed by atoms with Gasteiger partial charge in [0.2, 0.25) is 5.91 Å². The summed E-state index contributed by atoms with van der Waals surface area (Å²) in [6, 6.07) is 1.73. The Labute approximate surface area is 122 Å². The number of hydrogen-bond acceptors (Lipinski definition) is 5. The van der Waals surface area contributed by atoms with Gasteiger partial charge in [0.05, 0.1) is 30.9 Å². The highest BCUT2D eigenvalue weighted by atomic mass is 35.5. The van der Waals surface area contributed by atoms with Crippen LogP contribution in [0.2, 0.25) is 0 Å². The summed E-state index contributed by atoms with van der Waals surface area (Å²) in [5, 5.41) is 12.6. The molecule has 0 spiro atoms. The lowest BCUT2D eigenvalue weighted by atomic mass is 10.2. The molecule has 3 N–H and O–H groups in total. The number of halogens is 1. The van der Waals surface area contributed by atoms with Gasteiger partial charge in [0.25, 0.3) is 0 Å². The van der Waals surface area contributed by atoms with Crippen molar-refractivity contribution in [2.45, 2.75) is 13.8 Å². The summed E-state index contributed by atoms with van der Waals surface area (Å²) in [4.78, 5) is 15.6. The highest BCUT2D eigenvalue weighted by Crippen LogP contribution is 2.14. The average Bonchev–Trinajstić information content (AvgIpc) is 2.42. The van der Waals surface area contributed by atoms with Crippen molar-refractivity contribution in [3.63, 3.8) is 0 Å². The Bertz CT molecular complexity index is 529. The third-order valence-electron chi connectivity index (χ3n) is 2.35. The third-order valence-corrected chi connectivity index (χ3v) is 2.55. The Morgan fingerprint density at radius 3 is 2.75 bits per heavy atom. The number of ether oxygens (including phenoxy) is 1. The lowest BCUT2D eigenvalue weighted by Gasteiger charge is -2.10. The van der Waals surface area contributed by atoms with Crippen LogP contribution in [0.3, 0.4) is 0 Å². The first kappa shape index (κ1) is 16.0. The highest BCUT2D eigenvalue weighted by molar-refractivity contribution is 6.68. The van der Waals surface area contributed by atoms with Crippen molar-refractivity contribution in [3.05, 3.63) is 30.4 Å². The highest BCUT2D eigenvalue weighted by Gasteiger charge is 2.11. The number of carbonyl (C=O) groups excluding carboxylic acids is 1. The lowest BCUT2D eigenvalue weighted by Crippen LogP contribution is -2.29. The van der Waals surface area contributed by atoms with Crippen molar-refractivity contribution < 1.29 is 9.53 Å². The number of nitrogens with zero attached hydrogens (tertiary/aromatic N) is 1. The maximum atomic E-state index is 11.6. The van der Waals surface area contributed by atoms with Crippen LogP contribution in [0, 0.1) is 11.3 Å². The first-order chi connectivity index (χ1) is 9.43. The fraction of sp³-hybridized carbons (Fsp3) is 0.308. The summed E-state index contributed by atoms with van der Waals surface area (Å²) in [5.74, 6) is 0.178. The maximum absolute atomic E-state index is 11.6. The number of nitrogens with one attached hydrogen (secondary N) is 3. The van der Waals surface area contributed by atoms with E-state index in [1.807, 2.05) is 0 Å². The van der Waals surface area contributed by atoms with Crippen LogP contribution in [0.5, 0.6) is 5.75 Å². The molecule has 0 atom stereocenters. The van der Waals surface area contributed by atoms with Gasteiger partial charge in [-0.25, -0.2) is 0 Å². The van der Waals surface area contributed by atoms with Gasteiger partial charge in [0.1, 0.15) is 10.9 Å². The third kappa shape index (κ3) is 4.89. The second-order valence-electron chi connectivity index (χ2n) is 4.27. The molecule has 1 rings (SSSR count). The summed E-state index contributed by atoms with van der Waals surface area (Å²) in [5.41, 5.74) is 0.840. The average molecular weight is 297 g/mol. The number of allylic oxidation sites excluding steroid dienone is 1. The van der Waals surface area contributed by atoms with Crippen LogP contribution in [0.25, 0.3) is 0 Å². The van der Waals surface area contributed by atoms with E-state index in [1.54, 1.807) is 39.4 Å². The van der Waals surface area contributed by atoms with Gasteiger partial charge >= 0.3 is 0 Å². The van der Waals surface area contributed by atoms with Crippen molar-refractivity contribution in [2.75, 3.05) is 12.4 Å². The van der Waals surface area contributed by atoms with E-state index < -0.39 is 0 Å². The number of hydrogen-bond donors (Lipinski definition) is 3. The quantitative estimate of drug-likeness (QED) is 0.703. The van der Waals surface area contributed by atoms with E-state index >= 15 is 0 Å². The molecule has 6 nitrogen and oxygen atoms in total. The van der Waals surface area contributed by atoms with E-state index in [0.717, 1.165) is 0 Å². The Kier molecular flexibility index (Phi) is 5.99. The van der Waals surface area contributed by atoms with Gasteiger partial charge in [-0.2, -0.15) is 0 Å². The molecule has 0 aliphatic heterocycles. The number of methoxy groups -OCH3 is 1. The second kappa shape index (κ2) is 7.49. The van der Waals surface area contributed by atoms with Gasteiger partial charge in [0.15, 0.2) is 0 Å². The van der Waals surface area contributed by atoms with Crippen LogP contribution in [0.15, 0.2) is 30.4 Å². The molecular weight excluding hydrogens is 280 g/mol. The molecule has 0 aliphatic carbocycles. The van der Waals surface area contributed by atoms with Crippen LogP contribution in [0.1, 0.15) is 13.8 Å². The van der Waals surface area contributed by atoms with Gasteiger partial charge in [0, 0.05) is 18.2 Å². The van der Waals surface area contributed by atoms with Crippen LogP contribution in [-0.2, 0) is 4.79 Å². The normalized spacial score (nSPS) is 11.2. The van der Waals surface area contributed by atoms with Crippen molar-refractivity contribution >= 4 is 28.4 Å². The van der Waals surface area contributed by atoms with E-state index in [1.165, 1.54) is 6.20 Å². The molecule has 1 heterocycles. The Hall–Kier alpha value is -2.08. The molecule has 0 aromatic carbocycles. The van der Waals surface area contributed by atoms with Gasteiger partial charge in [-0.15, -0.1) is 0 Å². The number of aromatic nitrogens is 1. The summed E-state index contributed by atoms with van der Waals surface area (Å²) in [6.07, 6.45) is 4.59. The molecule has 1 aromatic rings. The molecule has 0 aliphatic rings. The summed E-state index contributed by atoms with van der Waals surface area (Å²) < 4.78 is 5.04. The fourth-order valence-electron chi connectivity index (χ4n) is 1.20. The van der Waals surface area contributed by atoms with Crippen molar-refractivity contribution in [2.24, 2.45) is 5.92 Å². The zero-order valence-electron chi connectivity index (χ0n) is 11.5. The molecular formula is C13H17ClN4O2. The van der Waals surface area contributed by atoms with E-state index in [-0.39, 0.29) is 22.7 Å². The summed E-state index contributed by atoms with van der Waals surface area (Å²) >= 11 is 5.64. The molecule has 20 heavy (non-hydrogen) atoms. The minimum Gasteiger partial charge on any atom is -0.495 e. The maximum Gasteiger partial charge on any atom is 0.227 e. The van der Waals surface area contributed by atoms with Crippen LogP contribution < -0.4 is 15.4 Å². The first-order valence-corrected chi connectivity index (χ1v) is 6.33. The predicted octanol–water partition coefficient (Wildman–Crippen LogP) is 2.33. The largest absolute Gasteiger partial charge is 0.495 e. The molecule has 108 valence electrons. The lowest BCUT2D eigenvalue weighted by molar-refractivity contribution is -0.123. The van der Waals surface area contributed by atoms with Crippen LogP contribution >= 0.6 is 11.6 Å². The number of carbonyl (C=O) groups is 1. The molecule has 0 saturated heterocycles. The second-order valence-corrected chi connectivity index (χ2v) is 4.65. The number of anilines is 1. The molecule has 0 saturated carbocycles. The van der Waals surface area contributed by atoms with Crippen LogP contribution in [-0.4, -0.2) is 23.2 Å². The minimum atomic E-state index is -0.262. The Morgan fingerprint density at radius 2 is 2.20 bits per heavy atom. The minimum absolute atomic E-state index is 0.188. The van der Waals surface area contributed by atoms with E-state index in [0.29, 0.717) is 11.4 Å². The van der Waals surface area contributed by atoms with Crippen molar-refractivity contribution in [3.8, 4) is 5.75 Å². The smallest absolute Gasteiger partial charge is 0.227 e. The van der Waals surface area contributed by atoms with Gasteiger partial charge < -0.3 is 15.4 Å². The first-order valence-electron chi connectivity index (χ1n) is 5.95. The zero-order chi connectivity index (χ0) is 15.1. The Balaban J connectivity index is 2.81.